The molecule has 0 N–H and O–H groups in total. The highest BCUT2D eigenvalue weighted by Gasteiger charge is 2.12. The Morgan fingerprint density at radius 1 is 1.00 bits per heavy atom. The zero-order valence-corrected chi connectivity index (χ0v) is 12.7. The molecule has 0 saturated heterocycles. The number of ether oxygens (including phenoxy) is 1. The zero-order chi connectivity index (χ0) is 14.1. The van der Waals surface area contributed by atoms with Gasteiger partial charge in [0.25, 0.3) is 0 Å². The molecule has 0 aliphatic carbocycles. The Morgan fingerprint density at radius 3 is 2.21 bits per heavy atom. The van der Waals surface area contributed by atoms with Crippen molar-refractivity contribution in [3.63, 3.8) is 0 Å². The average Bonchev–Trinajstić information content (AvgIpc) is 2.37. The van der Waals surface area contributed by atoms with Crippen LogP contribution in [0.1, 0.15) is 58.4 Å². The van der Waals surface area contributed by atoms with E-state index in [1.54, 1.807) is 0 Å². The number of benzene rings is 1. The molecule has 1 heteroatoms. The maximum atomic E-state index is 5.76. The van der Waals surface area contributed by atoms with Crippen molar-refractivity contribution in [2.45, 2.75) is 58.3 Å². The molecular weight excluding hydrogens is 232 g/mol. The highest BCUT2D eigenvalue weighted by molar-refractivity contribution is 5.31. The van der Waals surface area contributed by atoms with Crippen LogP contribution in [-0.2, 0) is 5.41 Å². The first-order valence-electron chi connectivity index (χ1n) is 7.38. The van der Waals surface area contributed by atoms with E-state index >= 15 is 0 Å². The van der Waals surface area contributed by atoms with E-state index in [2.05, 4.69) is 51.6 Å². The average molecular weight is 260 g/mol. The predicted molar refractivity (Wildman–Crippen MR) is 83.9 cm³/mol. The molecule has 0 amide bonds. The van der Waals surface area contributed by atoms with Crippen molar-refractivity contribution in [2.24, 2.45) is 0 Å². The minimum atomic E-state index is 0.212. The molecule has 0 atom stereocenters. The van der Waals surface area contributed by atoms with Gasteiger partial charge in [0.1, 0.15) is 5.75 Å². The maximum Gasteiger partial charge on any atom is 0.119 e. The van der Waals surface area contributed by atoms with Crippen LogP contribution in [0.2, 0.25) is 0 Å². The van der Waals surface area contributed by atoms with Crippen molar-refractivity contribution in [3.8, 4) is 5.75 Å². The summed E-state index contributed by atoms with van der Waals surface area (Å²) in [5.41, 5.74) is 1.56. The van der Waals surface area contributed by atoms with Gasteiger partial charge in [-0.25, -0.2) is 0 Å². The quantitative estimate of drug-likeness (QED) is 0.443. The van der Waals surface area contributed by atoms with E-state index in [0.29, 0.717) is 0 Å². The number of rotatable bonds is 8. The van der Waals surface area contributed by atoms with E-state index in [1.165, 1.54) is 24.8 Å². The SMILES string of the molecule is C=CCCCCCCOc1ccc(C(C)(C)C)cc1. The van der Waals surface area contributed by atoms with Crippen LogP contribution < -0.4 is 4.74 Å². The predicted octanol–water partition coefficient (Wildman–Crippen LogP) is 5.50. The summed E-state index contributed by atoms with van der Waals surface area (Å²) < 4.78 is 5.76. The van der Waals surface area contributed by atoms with Crippen molar-refractivity contribution in [2.75, 3.05) is 6.61 Å². The van der Waals surface area contributed by atoms with E-state index in [0.717, 1.165) is 25.2 Å². The standard InChI is InChI=1S/C18H28O/c1-5-6-7-8-9-10-15-19-17-13-11-16(12-14-17)18(2,3)4/h5,11-14H,1,6-10,15H2,2-4H3. The van der Waals surface area contributed by atoms with E-state index in [4.69, 9.17) is 4.74 Å². The van der Waals surface area contributed by atoms with Crippen LogP contribution in [0.4, 0.5) is 0 Å². The molecule has 0 unspecified atom stereocenters. The molecule has 0 aliphatic rings. The van der Waals surface area contributed by atoms with Gasteiger partial charge < -0.3 is 4.74 Å². The molecule has 1 rings (SSSR count). The van der Waals surface area contributed by atoms with E-state index in [1.807, 2.05) is 6.08 Å². The molecule has 1 aromatic carbocycles. The third kappa shape index (κ3) is 6.47. The fourth-order valence-electron chi connectivity index (χ4n) is 1.99. The Morgan fingerprint density at radius 2 is 1.63 bits per heavy atom. The molecule has 0 saturated carbocycles. The van der Waals surface area contributed by atoms with Gasteiger partial charge in [0.15, 0.2) is 0 Å². The van der Waals surface area contributed by atoms with Crippen LogP contribution in [0.3, 0.4) is 0 Å². The third-order valence-corrected chi connectivity index (χ3v) is 3.29. The van der Waals surface area contributed by atoms with Crippen LogP contribution in [0, 0.1) is 0 Å². The van der Waals surface area contributed by atoms with Crippen molar-refractivity contribution in [1.29, 1.82) is 0 Å². The molecule has 0 aliphatic heterocycles. The smallest absolute Gasteiger partial charge is 0.119 e. The molecule has 0 heterocycles. The largest absolute Gasteiger partial charge is 0.494 e. The molecular formula is C18H28O. The van der Waals surface area contributed by atoms with Crippen molar-refractivity contribution in [3.05, 3.63) is 42.5 Å². The Hall–Kier alpha value is -1.24. The first-order chi connectivity index (χ1) is 9.04. The second-order valence-electron chi connectivity index (χ2n) is 6.11. The lowest BCUT2D eigenvalue weighted by atomic mass is 9.87. The van der Waals surface area contributed by atoms with Crippen molar-refractivity contribution in [1.82, 2.24) is 0 Å². The molecule has 1 aromatic rings. The summed E-state index contributed by atoms with van der Waals surface area (Å²) >= 11 is 0. The van der Waals surface area contributed by atoms with Crippen LogP contribution in [0.15, 0.2) is 36.9 Å². The molecule has 0 bridgehead atoms. The summed E-state index contributed by atoms with van der Waals surface area (Å²) in [6.07, 6.45) is 8.04. The minimum absolute atomic E-state index is 0.212. The van der Waals surface area contributed by atoms with Crippen LogP contribution in [0.5, 0.6) is 5.75 Å². The molecule has 0 spiro atoms. The van der Waals surface area contributed by atoms with E-state index in [-0.39, 0.29) is 5.41 Å². The fraction of sp³-hybridized carbons (Fsp3) is 0.556. The highest BCUT2D eigenvalue weighted by Crippen LogP contribution is 2.24. The Bertz CT molecular complexity index is 356. The Labute approximate surface area is 118 Å². The number of allylic oxidation sites excluding steroid dienone is 1. The van der Waals surface area contributed by atoms with E-state index < -0.39 is 0 Å². The van der Waals surface area contributed by atoms with Gasteiger partial charge in [-0.05, 0) is 42.4 Å². The third-order valence-electron chi connectivity index (χ3n) is 3.29. The molecule has 0 fully saturated rings. The van der Waals surface area contributed by atoms with Gasteiger partial charge >= 0.3 is 0 Å². The highest BCUT2D eigenvalue weighted by atomic mass is 16.5. The summed E-state index contributed by atoms with van der Waals surface area (Å²) in [5, 5.41) is 0. The molecule has 0 aromatic heterocycles. The summed E-state index contributed by atoms with van der Waals surface area (Å²) in [4.78, 5) is 0. The van der Waals surface area contributed by atoms with Crippen LogP contribution in [0.25, 0.3) is 0 Å². The normalized spacial score (nSPS) is 11.3. The lowest BCUT2D eigenvalue weighted by molar-refractivity contribution is 0.304. The van der Waals surface area contributed by atoms with Gasteiger partial charge in [-0.2, -0.15) is 0 Å². The van der Waals surface area contributed by atoms with Gasteiger partial charge in [-0.3, -0.25) is 0 Å². The second kappa shape index (κ2) is 8.04. The summed E-state index contributed by atoms with van der Waals surface area (Å²) in [6, 6.07) is 8.50. The van der Waals surface area contributed by atoms with Gasteiger partial charge in [-0.1, -0.05) is 51.8 Å². The fourth-order valence-corrected chi connectivity index (χ4v) is 1.99. The summed E-state index contributed by atoms with van der Waals surface area (Å²) in [6.45, 7) is 11.2. The van der Waals surface area contributed by atoms with Gasteiger partial charge in [0.05, 0.1) is 6.61 Å². The molecule has 1 nitrogen and oxygen atoms in total. The molecule has 0 radical (unpaired) electrons. The van der Waals surface area contributed by atoms with Crippen molar-refractivity contribution < 1.29 is 4.74 Å². The molecule has 19 heavy (non-hydrogen) atoms. The topological polar surface area (TPSA) is 9.23 Å². The van der Waals surface area contributed by atoms with Gasteiger partial charge in [0, 0.05) is 0 Å². The lowest BCUT2D eigenvalue weighted by Crippen LogP contribution is -2.10. The maximum absolute atomic E-state index is 5.76. The zero-order valence-electron chi connectivity index (χ0n) is 12.7. The Kier molecular flexibility index (Phi) is 6.69. The Balaban J connectivity index is 2.21. The first kappa shape index (κ1) is 15.8. The second-order valence-corrected chi connectivity index (χ2v) is 6.11. The number of hydrogen-bond acceptors (Lipinski definition) is 1. The monoisotopic (exact) mass is 260 g/mol. The van der Waals surface area contributed by atoms with Gasteiger partial charge in [0.2, 0.25) is 0 Å². The minimum Gasteiger partial charge on any atom is -0.494 e. The molecule has 106 valence electrons. The summed E-state index contributed by atoms with van der Waals surface area (Å²) in [5.74, 6) is 0.985. The van der Waals surface area contributed by atoms with Crippen LogP contribution >= 0.6 is 0 Å². The van der Waals surface area contributed by atoms with Crippen molar-refractivity contribution >= 4 is 0 Å². The van der Waals surface area contributed by atoms with Crippen LogP contribution in [-0.4, -0.2) is 6.61 Å². The van der Waals surface area contributed by atoms with Gasteiger partial charge in [-0.15, -0.1) is 6.58 Å². The first-order valence-corrected chi connectivity index (χ1v) is 7.38. The summed E-state index contributed by atoms with van der Waals surface area (Å²) in [7, 11) is 0. The number of unbranched alkanes of at least 4 members (excludes halogenated alkanes) is 4. The number of hydrogen-bond donors (Lipinski definition) is 0. The lowest BCUT2D eigenvalue weighted by Gasteiger charge is -2.19. The van der Waals surface area contributed by atoms with E-state index in [9.17, 15) is 0 Å².